The van der Waals surface area contributed by atoms with Crippen molar-refractivity contribution >= 4 is 34.1 Å². The summed E-state index contributed by atoms with van der Waals surface area (Å²) in [7, 11) is 0. The summed E-state index contributed by atoms with van der Waals surface area (Å²) in [5, 5.41) is 21.8. The maximum atomic E-state index is 13.3. The van der Waals surface area contributed by atoms with Crippen molar-refractivity contribution in [2.45, 2.75) is 37.5 Å². The number of hydrogen-bond donors (Lipinski definition) is 3. The molecule has 1 aliphatic carbocycles. The lowest BCUT2D eigenvalue weighted by molar-refractivity contribution is -0.130. The topological polar surface area (TPSA) is 109 Å². The molecular formula is C24H23N5O3S. The lowest BCUT2D eigenvalue weighted by atomic mass is 10.0. The number of thiazole rings is 1. The van der Waals surface area contributed by atoms with E-state index >= 15 is 0 Å². The number of carbonyl (C=O) groups is 2. The Morgan fingerprint density at radius 3 is 2.67 bits per heavy atom. The molecule has 0 radical (unpaired) electrons. The van der Waals surface area contributed by atoms with Crippen molar-refractivity contribution in [3.63, 3.8) is 0 Å². The van der Waals surface area contributed by atoms with Gasteiger partial charge >= 0.3 is 0 Å². The number of fused-ring (bicyclic) bond motifs is 1. The SMILES string of the molecule is O=C(NC(Cc1ccccc1)C(O)C(=O)NC1CC1)c1scnc1-n1ncc2ccccc21. The van der Waals surface area contributed by atoms with E-state index in [0.717, 1.165) is 29.3 Å². The number of rotatable bonds is 8. The monoisotopic (exact) mass is 461 g/mol. The van der Waals surface area contributed by atoms with Gasteiger partial charge in [0, 0.05) is 11.4 Å². The number of aromatic nitrogens is 3. The normalized spacial score (nSPS) is 15.2. The van der Waals surface area contributed by atoms with Crippen LogP contribution in [-0.2, 0) is 11.2 Å². The maximum absolute atomic E-state index is 13.3. The molecule has 2 aromatic heterocycles. The number of hydrogen-bond acceptors (Lipinski definition) is 6. The van der Waals surface area contributed by atoms with Crippen LogP contribution in [0.25, 0.3) is 16.7 Å². The average molecular weight is 462 g/mol. The molecular weight excluding hydrogens is 438 g/mol. The Balaban J connectivity index is 1.40. The van der Waals surface area contributed by atoms with Crippen molar-refractivity contribution in [2.24, 2.45) is 0 Å². The quantitative estimate of drug-likeness (QED) is 0.374. The molecule has 0 spiro atoms. The third kappa shape index (κ3) is 4.64. The Hall–Kier alpha value is -3.56. The summed E-state index contributed by atoms with van der Waals surface area (Å²) in [6.45, 7) is 0. The van der Waals surface area contributed by atoms with Gasteiger partial charge in [-0.2, -0.15) is 5.10 Å². The molecule has 2 atom stereocenters. The second-order valence-electron chi connectivity index (χ2n) is 8.12. The number of carbonyl (C=O) groups excluding carboxylic acids is 2. The lowest BCUT2D eigenvalue weighted by Crippen LogP contribution is -2.52. The van der Waals surface area contributed by atoms with Gasteiger partial charge in [-0.05, 0) is 30.9 Å². The summed E-state index contributed by atoms with van der Waals surface area (Å²) in [6.07, 6.45) is 2.48. The summed E-state index contributed by atoms with van der Waals surface area (Å²) < 4.78 is 1.63. The largest absolute Gasteiger partial charge is 0.381 e. The molecule has 0 saturated heterocycles. The second kappa shape index (κ2) is 9.13. The Bertz CT molecular complexity index is 1280. The van der Waals surface area contributed by atoms with Crippen molar-refractivity contribution in [1.29, 1.82) is 0 Å². The molecule has 1 aliphatic rings. The third-order valence-corrected chi connectivity index (χ3v) is 6.44. The summed E-state index contributed by atoms with van der Waals surface area (Å²) in [5.74, 6) is -0.471. The predicted molar refractivity (Wildman–Crippen MR) is 125 cm³/mol. The zero-order valence-electron chi connectivity index (χ0n) is 17.7. The Morgan fingerprint density at radius 1 is 1.12 bits per heavy atom. The van der Waals surface area contributed by atoms with E-state index in [0.29, 0.717) is 17.1 Å². The van der Waals surface area contributed by atoms with Gasteiger partial charge < -0.3 is 15.7 Å². The number of aliphatic hydroxyl groups is 1. The zero-order valence-corrected chi connectivity index (χ0v) is 18.5. The second-order valence-corrected chi connectivity index (χ2v) is 8.97. The molecule has 168 valence electrons. The Kier molecular flexibility index (Phi) is 5.89. The van der Waals surface area contributed by atoms with Crippen LogP contribution >= 0.6 is 11.3 Å². The fourth-order valence-corrected chi connectivity index (χ4v) is 4.40. The van der Waals surface area contributed by atoms with Crippen LogP contribution in [0.15, 0.2) is 66.3 Å². The van der Waals surface area contributed by atoms with E-state index in [9.17, 15) is 14.7 Å². The van der Waals surface area contributed by atoms with Crippen LogP contribution in [0.2, 0.25) is 0 Å². The number of aliphatic hydroxyl groups excluding tert-OH is 1. The minimum absolute atomic E-state index is 0.112. The van der Waals surface area contributed by atoms with Crippen LogP contribution < -0.4 is 10.6 Å². The number of nitrogens with one attached hydrogen (secondary N) is 2. The molecule has 9 heteroatoms. The van der Waals surface area contributed by atoms with Gasteiger partial charge in [0.05, 0.1) is 23.3 Å². The Morgan fingerprint density at radius 2 is 1.88 bits per heavy atom. The molecule has 1 saturated carbocycles. The van der Waals surface area contributed by atoms with Gasteiger partial charge in [0.2, 0.25) is 0 Å². The Labute approximate surface area is 194 Å². The van der Waals surface area contributed by atoms with Crippen LogP contribution in [0.5, 0.6) is 0 Å². The van der Waals surface area contributed by atoms with Gasteiger partial charge in [-0.25, -0.2) is 9.67 Å². The van der Waals surface area contributed by atoms with E-state index in [2.05, 4.69) is 20.7 Å². The highest BCUT2D eigenvalue weighted by Crippen LogP contribution is 2.23. The number of amides is 2. The first kappa shape index (κ1) is 21.3. The third-order valence-electron chi connectivity index (χ3n) is 5.62. The first-order chi connectivity index (χ1) is 16.1. The fraction of sp³-hybridized carbons (Fsp3) is 0.250. The molecule has 5 rings (SSSR count). The zero-order chi connectivity index (χ0) is 22.8. The van der Waals surface area contributed by atoms with Gasteiger partial charge in [0.1, 0.15) is 4.88 Å². The van der Waals surface area contributed by atoms with Crippen molar-refractivity contribution in [1.82, 2.24) is 25.4 Å². The summed E-state index contributed by atoms with van der Waals surface area (Å²) in [4.78, 5) is 30.6. The van der Waals surface area contributed by atoms with Crippen LogP contribution in [0, 0.1) is 0 Å². The first-order valence-electron chi connectivity index (χ1n) is 10.8. The van der Waals surface area contributed by atoms with Gasteiger partial charge in [-0.3, -0.25) is 9.59 Å². The summed E-state index contributed by atoms with van der Waals surface area (Å²) in [6, 6.07) is 16.4. The first-order valence-corrected chi connectivity index (χ1v) is 11.7. The molecule has 2 aromatic carbocycles. The highest BCUT2D eigenvalue weighted by Gasteiger charge is 2.33. The molecule has 2 unspecified atom stereocenters. The smallest absolute Gasteiger partial charge is 0.265 e. The van der Waals surface area contributed by atoms with E-state index in [4.69, 9.17) is 0 Å². The minimum Gasteiger partial charge on any atom is -0.381 e. The van der Waals surface area contributed by atoms with Crippen molar-refractivity contribution in [2.75, 3.05) is 0 Å². The van der Waals surface area contributed by atoms with Crippen LogP contribution in [0.4, 0.5) is 0 Å². The van der Waals surface area contributed by atoms with E-state index < -0.39 is 24.0 Å². The molecule has 0 aliphatic heterocycles. The minimum atomic E-state index is -1.38. The molecule has 0 bridgehead atoms. The summed E-state index contributed by atoms with van der Waals surface area (Å²) in [5.41, 5.74) is 3.33. The molecule has 8 nitrogen and oxygen atoms in total. The van der Waals surface area contributed by atoms with E-state index in [1.807, 2.05) is 54.6 Å². The maximum Gasteiger partial charge on any atom is 0.265 e. The van der Waals surface area contributed by atoms with Crippen LogP contribution in [-0.4, -0.2) is 49.9 Å². The van der Waals surface area contributed by atoms with Crippen molar-refractivity contribution in [3.8, 4) is 5.82 Å². The number of nitrogens with zero attached hydrogens (tertiary/aromatic N) is 3. The van der Waals surface area contributed by atoms with Gasteiger partial charge in [-0.15, -0.1) is 11.3 Å². The average Bonchev–Trinajstić information content (AvgIpc) is 3.33. The molecule has 2 amide bonds. The predicted octanol–water partition coefficient (Wildman–Crippen LogP) is 2.46. The van der Waals surface area contributed by atoms with Gasteiger partial charge in [-0.1, -0.05) is 48.5 Å². The standard InChI is InChI=1S/C24H23N5O3S/c30-20(23(31)27-17-10-11-17)18(12-15-6-2-1-3-7-15)28-24(32)21-22(25-14-33-21)29-19-9-5-4-8-16(19)13-26-29/h1-9,13-14,17-18,20,30H,10-12H2,(H,27,31)(H,28,32). The van der Waals surface area contributed by atoms with Gasteiger partial charge in [0.25, 0.3) is 11.8 Å². The molecule has 33 heavy (non-hydrogen) atoms. The molecule has 4 aromatic rings. The van der Waals surface area contributed by atoms with Crippen LogP contribution in [0.1, 0.15) is 28.1 Å². The van der Waals surface area contributed by atoms with Crippen molar-refractivity contribution in [3.05, 3.63) is 76.7 Å². The van der Waals surface area contributed by atoms with E-state index in [-0.39, 0.29) is 6.04 Å². The highest BCUT2D eigenvalue weighted by molar-refractivity contribution is 7.12. The molecule has 2 heterocycles. The van der Waals surface area contributed by atoms with Crippen LogP contribution in [0.3, 0.4) is 0 Å². The van der Waals surface area contributed by atoms with E-state index in [1.54, 1.807) is 16.4 Å². The van der Waals surface area contributed by atoms with Crippen molar-refractivity contribution < 1.29 is 14.7 Å². The van der Waals surface area contributed by atoms with Gasteiger partial charge in [0.15, 0.2) is 11.9 Å². The van der Waals surface area contributed by atoms with E-state index in [1.165, 1.54) is 11.3 Å². The fourth-order valence-electron chi connectivity index (χ4n) is 3.73. The number of benzene rings is 2. The molecule has 3 N–H and O–H groups in total. The molecule has 1 fully saturated rings. The number of para-hydroxylation sites is 1. The highest BCUT2D eigenvalue weighted by atomic mass is 32.1. The summed E-state index contributed by atoms with van der Waals surface area (Å²) >= 11 is 1.19. The lowest BCUT2D eigenvalue weighted by Gasteiger charge is -2.24.